The fourth-order valence-corrected chi connectivity index (χ4v) is 4.53. The van der Waals surface area contributed by atoms with Crippen LogP contribution in [0.15, 0.2) is 77.5 Å². The molecular formula is C29H30N2O4. The molecule has 6 heteroatoms. The monoisotopic (exact) mass is 470 g/mol. The van der Waals surface area contributed by atoms with Crippen LogP contribution in [0.3, 0.4) is 0 Å². The van der Waals surface area contributed by atoms with E-state index in [2.05, 4.69) is 4.57 Å². The van der Waals surface area contributed by atoms with Crippen LogP contribution in [-0.4, -0.2) is 35.1 Å². The molecule has 0 saturated carbocycles. The first-order valence-electron chi connectivity index (χ1n) is 11.6. The van der Waals surface area contributed by atoms with Gasteiger partial charge in [-0.3, -0.25) is 4.79 Å². The SMILES string of the molecule is CCOc1ccc(-n2c(C)cc(/C=C3/C(=O)N(Cc4ccccc4)C(C)=C3C(=O)OC)c2C)cc1. The fourth-order valence-electron chi connectivity index (χ4n) is 4.53. The lowest BCUT2D eigenvalue weighted by atomic mass is 10.0. The Kier molecular flexibility index (Phi) is 6.92. The van der Waals surface area contributed by atoms with Gasteiger partial charge in [0.25, 0.3) is 5.91 Å². The van der Waals surface area contributed by atoms with E-state index in [9.17, 15) is 9.59 Å². The van der Waals surface area contributed by atoms with Crippen molar-refractivity contribution in [3.8, 4) is 11.4 Å². The Hall–Kier alpha value is -4.06. The maximum atomic E-state index is 13.5. The van der Waals surface area contributed by atoms with Gasteiger partial charge in [0, 0.05) is 22.8 Å². The Morgan fingerprint density at radius 1 is 1.00 bits per heavy atom. The zero-order valence-corrected chi connectivity index (χ0v) is 20.8. The molecule has 0 spiro atoms. The quantitative estimate of drug-likeness (QED) is 0.344. The number of hydrogen-bond donors (Lipinski definition) is 0. The van der Waals surface area contributed by atoms with Gasteiger partial charge in [-0.1, -0.05) is 30.3 Å². The first-order chi connectivity index (χ1) is 16.8. The van der Waals surface area contributed by atoms with Crippen LogP contribution >= 0.6 is 0 Å². The van der Waals surface area contributed by atoms with Crippen molar-refractivity contribution in [2.45, 2.75) is 34.2 Å². The average molecular weight is 471 g/mol. The van der Waals surface area contributed by atoms with E-state index in [4.69, 9.17) is 9.47 Å². The van der Waals surface area contributed by atoms with Crippen LogP contribution in [-0.2, 0) is 20.9 Å². The normalized spacial score (nSPS) is 14.7. The van der Waals surface area contributed by atoms with E-state index in [1.54, 1.807) is 17.9 Å². The number of hydrogen-bond acceptors (Lipinski definition) is 4. The van der Waals surface area contributed by atoms with Gasteiger partial charge in [0.1, 0.15) is 5.75 Å². The van der Waals surface area contributed by atoms with E-state index in [1.807, 2.05) is 81.4 Å². The first kappa shape index (κ1) is 24.1. The number of ether oxygens (including phenoxy) is 2. The molecule has 0 fully saturated rings. The topological polar surface area (TPSA) is 60.8 Å². The summed E-state index contributed by atoms with van der Waals surface area (Å²) < 4.78 is 12.7. The third-order valence-electron chi connectivity index (χ3n) is 6.26. The van der Waals surface area contributed by atoms with E-state index in [-0.39, 0.29) is 5.91 Å². The number of aryl methyl sites for hydroxylation is 1. The van der Waals surface area contributed by atoms with Gasteiger partial charge in [-0.15, -0.1) is 0 Å². The average Bonchev–Trinajstić information content (AvgIpc) is 3.27. The van der Waals surface area contributed by atoms with Gasteiger partial charge in [0.15, 0.2) is 0 Å². The predicted octanol–water partition coefficient (Wildman–Crippen LogP) is 5.37. The highest BCUT2D eigenvalue weighted by molar-refractivity contribution is 6.16. The molecule has 180 valence electrons. The Morgan fingerprint density at radius 2 is 1.69 bits per heavy atom. The van der Waals surface area contributed by atoms with Crippen molar-refractivity contribution in [2.24, 2.45) is 0 Å². The van der Waals surface area contributed by atoms with Crippen LogP contribution in [0.5, 0.6) is 5.75 Å². The van der Waals surface area contributed by atoms with Crippen molar-refractivity contribution in [2.75, 3.05) is 13.7 Å². The summed E-state index contributed by atoms with van der Waals surface area (Å²) in [5, 5.41) is 0. The highest BCUT2D eigenvalue weighted by Gasteiger charge is 2.37. The Bertz CT molecular complexity index is 1310. The zero-order valence-electron chi connectivity index (χ0n) is 20.8. The lowest BCUT2D eigenvalue weighted by Gasteiger charge is -2.17. The molecule has 1 amide bonds. The van der Waals surface area contributed by atoms with Gasteiger partial charge in [0.05, 0.1) is 31.4 Å². The fraction of sp³-hybridized carbons (Fsp3) is 0.241. The van der Waals surface area contributed by atoms with Crippen LogP contribution in [0.4, 0.5) is 0 Å². The van der Waals surface area contributed by atoms with Gasteiger partial charge in [-0.2, -0.15) is 0 Å². The van der Waals surface area contributed by atoms with Crippen molar-refractivity contribution < 1.29 is 19.1 Å². The maximum Gasteiger partial charge on any atom is 0.340 e. The third-order valence-corrected chi connectivity index (χ3v) is 6.26. The number of carbonyl (C=O) groups is 2. The Morgan fingerprint density at radius 3 is 2.31 bits per heavy atom. The second kappa shape index (κ2) is 10.1. The molecule has 1 aromatic heterocycles. The molecule has 2 heterocycles. The standard InChI is InChI=1S/C29H30N2O4/c1-6-35-25-14-12-24(13-15-25)31-19(2)16-23(20(31)3)17-26-27(29(33)34-5)21(4)30(28(26)32)18-22-10-8-7-9-11-22/h7-17H,6,18H2,1-5H3/b26-17+. The highest BCUT2D eigenvalue weighted by Crippen LogP contribution is 2.34. The smallest absolute Gasteiger partial charge is 0.340 e. The highest BCUT2D eigenvalue weighted by atomic mass is 16.5. The van der Waals surface area contributed by atoms with Crippen LogP contribution in [0.25, 0.3) is 11.8 Å². The van der Waals surface area contributed by atoms with E-state index in [0.717, 1.165) is 34.0 Å². The minimum absolute atomic E-state index is 0.211. The van der Waals surface area contributed by atoms with Crippen molar-refractivity contribution in [1.82, 2.24) is 9.47 Å². The van der Waals surface area contributed by atoms with Crippen LogP contribution in [0.2, 0.25) is 0 Å². The molecule has 1 aliphatic rings. The lowest BCUT2D eigenvalue weighted by Crippen LogP contribution is -2.24. The summed E-state index contributed by atoms with van der Waals surface area (Å²) in [6, 6.07) is 19.7. The molecule has 0 atom stereocenters. The molecule has 35 heavy (non-hydrogen) atoms. The summed E-state index contributed by atoms with van der Waals surface area (Å²) in [6.45, 7) is 8.77. The predicted molar refractivity (Wildman–Crippen MR) is 136 cm³/mol. The second-order valence-electron chi connectivity index (χ2n) is 8.48. The molecule has 0 aliphatic carbocycles. The first-order valence-corrected chi connectivity index (χ1v) is 11.6. The largest absolute Gasteiger partial charge is 0.494 e. The molecular weight excluding hydrogens is 440 g/mol. The number of amides is 1. The van der Waals surface area contributed by atoms with Crippen LogP contribution in [0.1, 0.15) is 36.4 Å². The molecule has 0 unspecified atom stereocenters. The van der Waals surface area contributed by atoms with Crippen molar-refractivity contribution in [1.29, 1.82) is 0 Å². The number of esters is 1. The van der Waals surface area contributed by atoms with E-state index >= 15 is 0 Å². The molecule has 6 nitrogen and oxygen atoms in total. The number of carbonyl (C=O) groups excluding carboxylic acids is 2. The van der Waals surface area contributed by atoms with Gasteiger partial charge < -0.3 is 18.9 Å². The third kappa shape index (κ3) is 4.64. The van der Waals surface area contributed by atoms with Crippen LogP contribution < -0.4 is 4.74 Å². The molecule has 0 radical (unpaired) electrons. The number of allylic oxidation sites excluding steroid dienone is 1. The second-order valence-corrected chi connectivity index (χ2v) is 8.48. The summed E-state index contributed by atoms with van der Waals surface area (Å²) in [6.07, 6.45) is 1.80. The van der Waals surface area contributed by atoms with Gasteiger partial charge in [-0.25, -0.2) is 4.79 Å². The van der Waals surface area contributed by atoms with Gasteiger partial charge in [0.2, 0.25) is 0 Å². The summed E-state index contributed by atoms with van der Waals surface area (Å²) in [7, 11) is 1.34. The molecule has 3 aromatic rings. The molecule has 1 aliphatic heterocycles. The number of aromatic nitrogens is 1. The Labute approximate surface area is 206 Å². The van der Waals surface area contributed by atoms with Gasteiger partial charge in [-0.05, 0) is 75.2 Å². The van der Waals surface area contributed by atoms with Crippen molar-refractivity contribution >= 4 is 18.0 Å². The van der Waals surface area contributed by atoms with Gasteiger partial charge >= 0.3 is 5.97 Å². The number of rotatable bonds is 7. The number of methoxy groups -OCH3 is 1. The van der Waals surface area contributed by atoms with E-state index < -0.39 is 5.97 Å². The molecule has 0 N–H and O–H groups in total. The maximum absolute atomic E-state index is 13.5. The van der Waals surface area contributed by atoms with E-state index in [0.29, 0.717) is 30.0 Å². The van der Waals surface area contributed by atoms with Crippen molar-refractivity contribution in [3.63, 3.8) is 0 Å². The van der Waals surface area contributed by atoms with Crippen LogP contribution in [0, 0.1) is 13.8 Å². The minimum atomic E-state index is -0.516. The lowest BCUT2D eigenvalue weighted by molar-refractivity contribution is -0.136. The molecule has 0 bridgehead atoms. The van der Waals surface area contributed by atoms with Crippen molar-refractivity contribution in [3.05, 3.63) is 100 Å². The Balaban J connectivity index is 1.74. The molecule has 2 aromatic carbocycles. The summed E-state index contributed by atoms with van der Waals surface area (Å²) in [4.78, 5) is 27.9. The summed E-state index contributed by atoms with van der Waals surface area (Å²) in [5.74, 6) is 0.0926. The molecule has 0 saturated heterocycles. The number of benzene rings is 2. The zero-order chi connectivity index (χ0) is 25.1. The van der Waals surface area contributed by atoms with E-state index in [1.165, 1.54) is 7.11 Å². The minimum Gasteiger partial charge on any atom is -0.494 e. The molecule has 4 rings (SSSR count). The summed E-state index contributed by atoms with van der Waals surface area (Å²) in [5.41, 5.74) is 6.08. The number of nitrogens with zero attached hydrogens (tertiary/aromatic N) is 2. The summed E-state index contributed by atoms with van der Waals surface area (Å²) >= 11 is 0.